The summed E-state index contributed by atoms with van der Waals surface area (Å²) in [6.07, 6.45) is 13.6. The molecule has 0 saturated heterocycles. The largest absolute Gasteiger partial charge is 0.374 e. The molecule has 1 aliphatic rings. The van der Waals surface area contributed by atoms with E-state index >= 15 is 0 Å². The van der Waals surface area contributed by atoms with Gasteiger partial charge >= 0.3 is 0 Å². The number of nitriles is 1. The van der Waals surface area contributed by atoms with Crippen LogP contribution in [-0.4, -0.2) is 6.10 Å². The fourth-order valence-electron chi connectivity index (χ4n) is 2.85. The van der Waals surface area contributed by atoms with Gasteiger partial charge in [-0.15, -0.1) is 0 Å². The minimum Gasteiger partial charge on any atom is -0.374 e. The first-order valence-corrected chi connectivity index (χ1v) is 8.24. The Hall–Kier alpha value is -1.85. The average molecular weight is 295 g/mol. The zero-order valence-electron chi connectivity index (χ0n) is 13.4. The van der Waals surface area contributed by atoms with Crippen molar-refractivity contribution in [1.82, 2.24) is 0 Å². The van der Waals surface area contributed by atoms with Gasteiger partial charge in [-0.2, -0.15) is 5.26 Å². The van der Waals surface area contributed by atoms with Crippen LogP contribution in [-0.2, 0) is 17.8 Å². The second kappa shape index (κ2) is 9.23. The van der Waals surface area contributed by atoms with Crippen LogP contribution in [0.15, 0.2) is 48.6 Å². The lowest BCUT2D eigenvalue weighted by Crippen LogP contribution is -2.20. The number of benzene rings is 1. The molecular formula is C20H25NO. The molecule has 0 amide bonds. The van der Waals surface area contributed by atoms with E-state index < -0.39 is 0 Å². The maximum absolute atomic E-state index is 8.43. The van der Waals surface area contributed by atoms with Gasteiger partial charge in [0.15, 0.2) is 0 Å². The Morgan fingerprint density at radius 3 is 2.41 bits per heavy atom. The third kappa shape index (κ3) is 5.50. The molecule has 2 nitrogen and oxygen atoms in total. The highest BCUT2D eigenvalue weighted by Crippen LogP contribution is 2.27. The molecular weight excluding hydrogens is 270 g/mol. The summed E-state index contributed by atoms with van der Waals surface area (Å²) in [6.45, 7) is 2.90. The number of hydrogen-bond acceptors (Lipinski definition) is 2. The van der Waals surface area contributed by atoms with Gasteiger partial charge < -0.3 is 4.74 Å². The van der Waals surface area contributed by atoms with Crippen molar-refractivity contribution in [3.05, 3.63) is 59.7 Å². The van der Waals surface area contributed by atoms with Gasteiger partial charge in [0.05, 0.1) is 18.8 Å². The Balaban J connectivity index is 1.70. The Bertz CT molecular complexity index is 528. The van der Waals surface area contributed by atoms with Gasteiger partial charge in [0.2, 0.25) is 0 Å². The highest BCUT2D eigenvalue weighted by Gasteiger charge is 2.19. The summed E-state index contributed by atoms with van der Waals surface area (Å²) in [5, 5.41) is 8.43. The summed E-state index contributed by atoms with van der Waals surface area (Å²) < 4.78 is 6.05. The van der Waals surface area contributed by atoms with Gasteiger partial charge in [-0.05, 0) is 49.1 Å². The van der Waals surface area contributed by atoms with Crippen molar-refractivity contribution in [3.8, 4) is 6.07 Å². The molecule has 116 valence electrons. The van der Waals surface area contributed by atoms with Crippen LogP contribution in [0.3, 0.4) is 0 Å². The van der Waals surface area contributed by atoms with Gasteiger partial charge in [-0.25, -0.2) is 0 Å². The van der Waals surface area contributed by atoms with E-state index in [-0.39, 0.29) is 0 Å². The monoisotopic (exact) mass is 295 g/mol. The fraction of sp³-hybridized carbons (Fsp3) is 0.450. The molecule has 2 heteroatoms. The van der Waals surface area contributed by atoms with E-state index in [1.807, 2.05) is 18.2 Å². The van der Waals surface area contributed by atoms with Crippen molar-refractivity contribution in [3.63, 3.8) is 0 Å². The Morgan fingerprint density at radius 2 is 1.77 bits per heavy atom. The smallest absolute Gasteiger partial charge is 0.0912 e. The SMILES string of the molecule is CCc1ccc(COC2CCC(C=CC=CC#N)CC2)cc1. The van der Waals surface area contributed by atoms with E-state index in [4.69, 9.17) is 10.00 Å². The zero-order valence-corrected chi connectivity index (χ0v) is 13.4. The molecule has 0 atom stereocenters. The van der Waals surface area contributed by atoms with E-state index in [1.54, 1.807) is 0 Å². The summed E-state index contributed by atoms with van der Waals surface area (Å²) >= 11 is 0. The predicted octanol–water partition coefficient (Wildman–Crippen LogP) is 4.96. The number of allylic oxidation sites excluding steroid dienone is 4. The molecule has 1 aromatic rings. The van der Waals surface area contributed by atoms with Crippen molar-refractivity contribution in [2.75, 3.05) is 0 Å². The molecule has 1 saturated carbocycles. The van der Waals surface area contributed by atoms with E-state index in [0.29, 0.717) is 12.0 Å². The number of hydrogen-bond donors (Lipinski definition) is 0. The van der Waals surface area contributed by atoms with Gasteiger partial charge in [-0.1, -0.05) is 49.4 Å². The van der Waals surface area contributed by atoms with Gasteiger partial charge in [0.25, 0.3) is 0 Å². The third-order valence-electron chi connectivity index (χ3n) is 4.30. The topological polar surface area (TPSA) is 33.0 Å². The third-order valence-corrected chi connectivity index (χ3v) is 4.30. The van der Waals surface area contributed by atoms with Crippen LogP contribution in [0.5, 0.6) is 0 Å². The van der Waals surface area contributed by atoms with E-state index in [1.165, 1.54) is 30.0 Å². The number of aryl methyl sites for hydroxylation is 1. The molecule has 1 fully saturated rings. The molecule has 0 spiro atoms. The molecule has 0 unspecified atom stereocenters. The molecule has 2 rings (SSSR count). The van der Waals surface area contributed by atoms with E-state index in [9.17, 15) is 0 Å². The Kier molecular flexibility index (Phi) is 6.93. The first-order chi connectivity index (χ1) is 10.8. The summed E-state index contributed by atoms with van der Waals surface area (Å²) in [7, 11) is 0. The van der Waals surface area contributed by atoms with Crippen molar-refractivity contribution >= 4 is 0 Å². The highest BCUT2D eigenvalue weighted by atomic mass is 16.5. The molecule has 22 heavy (non-hydrogen) atoms. The van der Waals surface area contributed by atoms with Crippen LogP contribution >= 0.6 is 0 Å². The van der Waals surface area contributed by atoms with Gasteiger partial charge in [0, 0.05) is 6.08 Å². The van der Waals surface area contributed by atoms with E-state index in [0.717, 1.165) is 25.9 Å². The van der Waals surface area contributed by atoms with Gasteiger partial charge in [0.1, 0.15) is 0 Å². The summed E-state index contributed by atoms with van der Waals surface area (Å²) in [5.41, 5.74) is 2.64. The van der Waals surface area contributed by atoms with Crippen molar-refractivity contribution in [2.24, 2.45) is 5.92 Å². The Labute approximate surface area is 134 Å². The Morgan fingerprint density at radius 1 is 1.09 bits per heavy atom. The summed E-state index contributed by atoms with van der Waals surface area (Å²) in [5.74, 6) is 0.632. The van der Waals surface area contributed by atoms with Crippen LogP contribution in [0.2, 0.25) is 0 Å². The maximum atomic E-state index is 8.43. The quantitative estimate of drug-likeness (QED) is 0.549. The fourth-order valence-corrected chi connectivity index (χ4v) is 2.85. The number of nitrogens with zero attached hydrogens (tertiary/aromatic N) is 1. The van der Waals surface area contributed by atoms with Crippen LogP contribution in [0.1, 0.15) is 43.7 Å². The lowest BCUT2D eigenvalue weighted by Gasteiger charge is -2.26. The molecule has 1 aromatic carbocycles. The predicted molar refractivity (Wildman–Crippen MR) is 90.2 cm³/mol. The first kappa shape index (κ1) is 16.5. The summed E-state index contributed by atoms with van der Waals surface area (Å²) in [4.78, 5) is 0. The molecule has 0 bridgehead atoms. The van der Waals surface area contributed by atoms with Crippen LogP contribution in [0.4, 0.5) is 0 Å². The molecule has 1 aliphatic carbocycles. The molecule has 0 radical (unpaired) electrons. The van der Waals surface area contributed by atoms with E-state index in [2.05, 4.69) is 37.3 Å². The van der Waals surface area contributed by atoms with Crippen LogP contribution in [0, 0.1) is 17.2 Å². The average Bonchev–Trinajstić information content (AvgIpc) is 2.58. The standard InChI is InChI=1S/C20H25NO/c1-2-17-7-9-19(10-8-17)16-22-20-13-11-18(12-14-20)6-4-3-5-15-21/h3-10,18,20H,2,11-14,16H2,1H3. The number of ether oxygens (including phenoxy) is 1. The zero-order chi connectivity index (χ0) is 15.6. The minimum absolute atomic E-state index is 0.394. The number of rotatable bonds is 6. The normalized spacial score (nSPS) is 22.2. The molecule has 0 heterocycles. The molecule has 0 aliphatic heterocycles. The van der Waals surface area contributed by atoms with Crippen LogP contribution in [0.25, 0.3) is 0 Å². The minimum atomic E-state index is 0.394. The molecule has 0 aromatic heterocycles. The van der Waals surface area contributed by atoms with Gasteiger partial charge in [-0.3, -0.25) is 0 Å². The molecule has 0 N–H and O–H groups in total. The van der Waals surface area contributed by atoms with Crippen LogP contribution < -0.4 is 0 Å². The van der Waals surface area contributed by atoms with Crippen molar-refractivity contribution < 1.29 is 4.74 Å². The second-order valence-corrected chi connectivity index (χ2v) is 5.89. The lowest BCUT2D eigenvalue weighted by molar-refractivity contribution is 0.0110. The van der Waals surface area contributed by atoms with Crippen molar-refractivity contribution in [2.45, 2.75) is 51.7 Å². The highest BCUT2D eigenvalue weighted by molar-refractivity contribution is 5.21. The first-order valence-electron chi connectivity index (χ1n) is 8.24. The lowest BCUT2D eigenvalue weighted by atomic mass is 9.87. The maximum Gasteiger partial charge on any atom is 0.0912 e. The van der Waals surface area contributed by atoms with Crippen molar-refractivity contribution in [1.29, 1.82) is 5.26 Å². The second-order valence-electron chi connectivity index (χ2n) is 5.89. The summed E-state index contributed by atoms with van der Waals surface area (Å²) in [6, 6.07) is 10.7.